The highest BCUT2D eigenvalue weighted by Crippen LogP contribution is 2.44. The fraction of sp³-hybridized carbons (Fsp3) is 0.304. The van der Waals surface area contributed by atoms with Gasteiger partial charge in [0, 0.05) is 33.4 Å². The average Bonchev–Trinajstić information content (AvgIpc) is 3.11. The number of nitro benzene ring substituents is 2. The molecule has 1 saturated carbocycles. The number of carbonyl (C=O) groups excluding carboxylic acids is 4. The number of non-ortho nitro benzene ring substituents is 1. The van der Waals surface area contributed by atoms with Crippen LogP contribution in [0.1, 0.15) is 33.6 Å². The Bertz CT molecular complexity index is 1310. The summed E-state index contributed by atoms with van der Waals surface area (Å²) in [4.78, 5) is 74.6. The van der Waals surface area contributed by atoms with Crippen molar-refractivity contribution in [2.24, 2.45) is 11.8 Å². The van der Waals surface area contributed by atoms with Crippen molar-refractivity contribution >= 4 is 66.7 Å². The number of ketones is 1. The Kier molecular flexibility index (Phi) is 7.50. The van der Waals surface area contributed by atoms with Gasteiger partial charge in [0.05, 0.1) is 21.7 Å². The summed E-state index contributed by atoms with van der Waals surface area (Å²) in [6, 6.07) is 9.73. The van der Waals surface area contributed by atoms with Gasteiger partial charge in [-0.1, -0.05) is 56.1 Å². The van der Waals surface area contributed by atoms with Gasteiger partial charge in [0.1, 0.15) is 12.1 Å². The molecule has 0 bridgehead atoms. The second-order valence-electron chi connectivity index (χ2n) is 8.57. The van der Waals surface area contributed by atoms with Gasteiger partial charge in [0.15, 0.2) is 5.78 Å². The lowest BCUT2D eigenvalue weighted by Crippen LogP contribution is -2.52. The van der Waals surface area contributed by atoms with Crippen molar-refractivity contribution in [3.8, 4) is 0 Å². The lowest BCUT2D eigenvalue weighted by Gasteiger charge is -2.30. The number of alkyl halides is 2. The van der Waals surface area contributed by atoms with Crippen molar-refractivity contribution in [1.82, 2.24) is 10.0 Å². The van der Waals surface area contributed by atoms with E-state index < -0.39 is 63.0 Å². The van der Waals surface area contributed by atoms with E-state index in [-0.39, 0.29) is 20.9 Å². The molecule has 14 heteroatoms. The number of Topliss-reactive ketones (excluding diaryl/α,β-unsaturated/α-hetero) is 1. The highest BCUT2D eigenvalue weighted by atomic mass is 79.9. The van der Waals surface area contributed by atoms with Gasteiger partial charge in [-0.2, -0.15) is 5.01 Å². The maximum Gasteiger partial charge on any atom is 0.282 e. The van der Waals surface area contributed by atoms with Crippen molar-refractivity contribution in [3.05, 3.63) is 79.9 Å². The molecular formula is C23H18Br2N4O8. The Morgan fingerprint density at radius 3 is 2.08 bits per heavy atom. The molecule has 2 aliphatic rings. The number of imide groups is 1. The van der Waals surface area contributed by atoms with Crippen LogP contribution in [0, 0.1) is 32.1 Å². The van der Waals surface area contributed by atoms with E-state index in [2.05, 4.69) is 31.9 Å². The minimum absolute atomic E-state index is 0.115. The summed E-state index contributed by atoms with van der Waals surface area (Å²) in [6.45, 7) is -0.849. The van der Waals surface area contributed by atoms with Crippen LogP contribution in [0.15, 0.2) is 48.5 Å². The summed E-state index contributed by atoms with van der Waals surface area (Å²) in [5.41, 5.74) is -1.50. The second kappa shape index (κ2) is 10.5. The Balaban J connectivity index is 1.76. The number of nitrogens with zero attached hydrogens (tertiary/aromatic N) is 4. The molecule has 0 spiro atoms. The van der Waals surface area contributed by atoms with Crippen molar-refractivity contribution < 1.29 is 29.0 Å². The molecule has 2 aromatic carbocycles. The van der Waals surface area contributed by atoms with Crippen LogP contribution in [-0.4, -0.2) is 59.6 Å². The largest absolute Gasteiger partial charge is 0.292 e. The number of hydrazine groups is 1. The number of nitro groups is 2. The third-order valence-electron chi connectivity index (χ3n) is 6.37. The number of rotatable bonds is 7. The second-order valence-corrected chi connectivity index (χ2v) is 10.9. The number of hydrogen-bond donors (Lipinski definition) is 0. The van der Waals surface area contributed by atoms with Gasteiger partial charge in [-0.15, -0.1) is 0 Å². The van der Waals surface area contributed by atoms with Crippen LogP contribution in [0.4, 0.5) is 11.4 Å². The number of para-hydroxylation sites is 1. The predicted molar refractivity (Wildman–Crippen MR) is 135 cm³/mol. The molecule has 0 radical (unpaired) electrons. The molecule has 4 atom stereocenters. The summed E-state index contributed by atoms with van der Waals surface area (Å²) in [6.07, 6.45) is 0.599. The van der Waals surface area contributed by atoms with Gasteiger partial charge >= 0.3 is 0 Å². The standard InChI is InChI=1S/C23H18Br2N4O8/c24-17-9-15-16(10-18(17)25)23(33)27(22(15)32)26(21(31)14-6-1-2-7-19(14)29(36)37)11-20(30)12-4-3-5-13(8-12)28(34)35/h1-8,15-18H,9-11H2/t15-,16+,17-,18-/m0/s1. The first-order valence-corrected chi connectivity index (χ1v) is 12.8. The Morgan fingerprint density at radius 2 is 1.51 bits per heavy atom. The van der Waals surface area contributed by atoms with Gasteiger partial charge in [-0.05, 0) is 18.9 Å². The van der Waals surface area contributed by atoms with Crippen molar-refractivity contribution in [2.45, 2.75) is 22.5 Å². The molecule has 12 nitrogen and oxygen atoms in total. The minimum Gasteiger partial charge on any atom is -0.292 e. The molecule has 37 heavy (non-hydrogen) atoms. The maximum absolute atomic E-state index is 13.6. The normalized spacial score (nSPS) is 22.9. The first-order chi connectivity index (χ1) is 17.5. The van der Waals surface area contributed by atoms with E-state index in [0.717, 1.165) is 18.2 Å². The summed E-state index contributed by atoms with van der Waals surface area (Å²) in [5.74, 6) is -4.80. The van der Waals surface area contributed by atoms with E-state index in [1.54, 1.807) is 0 Å². The number of fused-ring (bicyclic) bond motifs is 1. The Labute approximate surface area is 226 Å². The summed E-state index contributed by atoms with van der Waals surface area (Å²) < 4.78 is 0. The van der Waals surface area contributed by atoms with Crippen molar-refractivity contribution in [1.29, 1.82) is 0 Å². The average molecular weight is 638 g/mol. The quantitative estimate of drug-likeness (QED) is 0.146. The zero-order valence-corrected chi connectivity index (χ0v) is 22.0. The molecule has 1 aliphatic heterocycles. The van der Waals surface area contributed by atoms with E-state index in [0.29, 0.717) is 22.9 Å². The lowest BCUT2D eigenvalue weighted by molar-refractivity contribution is -0.385. The maximum atomic E-state index is 13.6. The molecule has 2 fully saturated rings. The number of hydrogen-bond acceptors (Lipinski definition) is 8. The minimum atomic E-state index is -1.10. The fourth-order valence-corrected chi connectivity index (χ4v) is 5.76. The number of halogens is 2. The summed E-state index contributed by atoms with van der Waals surface area (Å²) in [7, 11) is 0. The number of benzene rings is 2. The van der Waals surface area contributed by atoms with Crippen LogP contribution in [0.5, 0.6) is 0 Å². The molecular weight excluding hydrogens is 620 g/mol. The van der Waals surface area contributed by atoms with E-state index in [4.69, 9.17) is 0 Å². The Hall–Kier alpha value is -3.52. The molecule has 192 valence electrons. The van der Waals surface area contributed by atoms with Crippen LogP contribution in [0.25, 0.3) is 0 Å². The van der Waals surface area contributed by atoms with E-state index in [1.165, 1.54) is 30.3 Å². The highest BCUT2D eigenvalue weighted by molar-refractivity contribution is 9.12. The third kappa shape index (κ3) is 5.03. The van der Waals surface area contributed by atoms with Crippen LogP contribution < -0.4 is 0 Å². The molecule has 0 aromatic heterocycles. The molecule has 2 aromatic rings. The molecule has 1 heterocycles. The zero-order valence-electron chi connectivity index (χ0n) is 18.9. The first kappa shape index (κ1) is 26.5. The number of amides is 3. The van der Waals surface area contributed by atoms with Crippen molar-refractivity contribution in [3.63, 3.8) is 0 Å². The molecule has 1 aliphatic carbocycles. The van der Waals surface area contributed by atoms with E-state index in [9.17, 15) is 39.4 Å². The van der Waals surface area contributed by atoms with Gasteiger partial charge in [-0.25, -0.2) is 5.01 Å². The van der Waals surface area contributed by atoms with E-state index in [1.807, 2.05) is 0 Å². The van der Waals surface area contributed by atoms with Crippen LogP contribution in [-0.2, 0) is 9.59 Å². The Morgan fingerprint density at radius 1 is 0.919 bits per heavy atom. The van der Waals surface area contributed by atoms with E-state index >= 15 is 0 Å². The van der Waals surface area contributed by atoms with Gasteiger partial charge in [0.2, 0.25) is 0 Å². The molecule has 0 N–H and O–H groups in total. The fourth-order valence-electron chi connectivity index (χ4n) is 4.52. The predicted octanol–water partition coefficient (Wildman–Crippen LogP) is 3.67. The van der Waals surface area contributed by atoms with Crippen LogP contribution in [0.3, 0.4) is 0 Å². The van der Waals surface area contributed by atoms with Crippen LogP contribution >= 0.6 is 31.9 Å². The third-order valence-corrected chi connectivity index (χ3v) is 9.10. The van der Waals surface area contributed by atoms with Crippen molar-refractivity contribution in [2.75, 3.05) is 6.54 Å². The molecule has 3 amide bonds. The topological polar surface area (TPSA) is 161 Å². The molecule has 4 rings (SSSR count). The lowest BCUT2D eigenvalue weighted by atomic mass is 9.81. The summed E-state index contributed by atoms with van der Waals surface area (Å²) >= 11 is 6.96. The van der Waals surface area contributed by atoms with Gasteiger partial charge < -0.3 is 0 Å². The highest BCUT2D eigenvalue weighted by Gasteiger charge is 2.55. The first-order valence-electron chi connectivity index (χ1n) is 11.0. The number of carbonyl (C=O) groups is 4. The molecule has 1 saturated heterocycles. The van der Waals surface area contributed by atoms with Gasteiger partial charge in [-0.3, -0.25) is 39.4 Å². The van der Waals surface area contributed by atoms with Gasteiger partial charge in [0.25, 0.3) is 29.1 Å². The molecule has 0 unspecified atom stereocenters. The smallest absolute Gasteiger partial charge is 0.282 e. The SMILES string of the molecule is O=C(CN(C(=O)c1ccccc1[N+](=O)[O-])N1C(=O)[C@H]2C[C@H](Br)[C@@H](Br)C[C@H]2C1=O)c1cccc([N+](=O)[O-])c1. The zero-order chi connectivity index (χ0) is 27.0. The monoisotopic (exact) mass is 636 g/mol. The van der Waals surface area contributed by atoms with Crippen LogP contribution in [0.2, 0.25) is 0 Å². The summed E-state index contributed by atoms with van der Waals surface area (Å²) in [5, 5.41) is 23.9.